The minimum atomic E-state index is 0.278. The Kier molecular flexibility index (Phi) is 10.3. The third-order valence-electron chi connectivity index (χ3n) is 6.70. The highest BCUT2D eigenvalue weighted by atomic mass is 32.1. The number of aliphatic imine (C=N–C) groups is 2. The molecule has 5 heteroatoms. The smallest absolute Gasteiger partial charge is 0.195 e. The molecule has 0 saturated heterocycles. The fraction of sp³-hybridized carbons (Fsp3) is 0.654. The molecule has 2 heterocycles. The van der Waals surface area contributed by atoms with Crippen LogP contribution < -0.4 is 5.32 Å². The molecule has 1 aromatic rings. The maximum atomic E-state index is 5.21. The van der Waals surface area contributed by atoms with Crippen molar-refractivity contribution in [3.05, 3.63) is 28.6 Å². The minimum absolute atomic E-state index is 0.278. The standard InChI is InChI=1S/C26H43N4S/c1-9-22(27-7)16-18(3)21(6)25(28-17-19(4)24-12-11-15-31-24)26-23(10-2)30(8)14-13-20(5)29-26/h11-12,14-15,17-18,20-23,27H,9-10,13,16H2,1-8H3/q+1. The first-order valence-electron chi connectivity index (χ1n) is 11.9. The van der Waals surface area contributed by atoms with Gasteiger partial charge in [-0.25, -0.2) is 4.58 Å². The summed E-state index contributed by atoms with van der Waals surface area (Å²) in [6, 6.07) is 5.36. The molecule has 0 saturated carbocycles. The van der Waals surface area contributed by atoms with E-state index in [0.717, 1.165) is 31.4 Å². The van der Waals surface area contributed by atoms with Crippen molar-refractivity contribution < 1.29 is 4.58 Å². The first-order chi connectivity index (χ1) is 14.8. The molecule has 31 heavy (non-hydrogen) atoms. The molecule has 1 aliphatic heterocycles. The second-order valence-corrected chi connectivity index (χ2v) is 10.0. The highest BCUT2D eigenvalue weighted by Crippen LogP contribution is 2.25. The van der Waals surface area contributed by atoms with E-state index in [0.29, 0.717) is 17.9 Å². The maximum absolute atomic E-state index is 5.21. The van der Waals surface area contributed by atoms with Crippen molar-refractivity contribution in [2.24, 2.45) is 21.8 Å². The maximum Gasteiger partial charge on any atom is 0.195 e. The van der Waals surface area contributed by atoms with Gasteiger partial charge in [-0.15, -0.1) is 11.3 Å². The van der Waals surface area contributed by atoms with E-state index >= 15 is 0 Å². The van der Waals surface area contributed by atoms with Gasteiger partial charge in [0.1, 0.15) is 19.0 Å². The fourth-order valence-corrected chi connectivity index (χ4v) is 4.99. The lowest BCUT2D eigenvalue weighted by Crippen LogP contribution is -2.41. The van der Waals surface area contributed by atoms with Gasteiger partial charge in [-0.05, 0) is 56.7 Å². The van der Waals surface area contributed by atoms with Crippen LogP contribution >= 0.6 is 11.3 Å². The van der Waals surface area contributed by atoms with Crippen LogP contribution in [0.1, 0.15) is 72.1 Å². The van der Waals surface area contributed by atoms with Crippen molar-refractivity contribution in [3.8, 4) is 0 Å². The van der Waals surface area contributed by atoms with Gasteiger partial charge in [0.25, 0.3) is 0 Å². The van der Waals surface area contributed by atoms with E-state index in [1.54, 1.807) is 11.3 Å². The Morgan fingerprint density at radius 3 is 2.71 bits per heavy atom. The number of allylic oxidation sites excluding steroid dienone is 1. The molecular formula is C26H43N4S+. The molecule has 0 aromatic carbocycles. The fourth-order valence-electron chi connectivity index (χ4n) is 4.29. The van der Waals surface area contributed by atoms with Crippen molar-refractivity contribution in [2.45, 2.75) is 85.4 Å². The Morgan fingerprint density at radius 2 is 2.13 bits per heavy atom. The number of rotatable bonds is 10. The number of thiophene rings is 1. The van der Waals surface area contributed by atoms with Crippen molar-refractivity contribution in [1.82, 2.24) is 5.32 Å². The summed E-state index contributed by atoms with van der Waals surface area (Å²) in [5, 5.41) is 5.60. The summed E-state index contributed by atoms with van der Waals surface area (Å²) in [5.74, 6) is 0.848. The molecule has 1 aromatic heterocycles. The zero-order valence-corrected chi connectivity index (χ0v) is 21.7. The molecule has 1 N–H and O–H groups in total. The van der Waals surface area contributed by atoms with Crippen LogP contribution in [0.4, 0.5) is 0 Å². The Bertz CT molecular complexity index is 799. The third-order valence-corrected chi connectivity index (χ3v) is 7.70. The van der Waals surface area contributed by atoms with Crippen molar-refractivity contribution in [2.75, 3.05) is 14.1 Å². The highest BCUT2D eigenvalue weighted by Gasteiger charge is 2.33. The lowest BCUT2D eigenvalue weighted by Gasteiger charge is -2.27. The molecule has 5 atom stereocenters. The average Bonchev–Trinajstić information content (AvgIpc) is 3.26. The molecule has 0 fully saturated rings. The van der Waals surface area contributed by atoms with Crippen molar-refractivity contribution in [1.29, 1.82) is 0 Å². The highest BCUT2D eigenvalue weighted by molar-refractivity contribution is 7.11. The number of nitrogens with one attached hydrogen (secondary N) is 1. The van der Waals surface area contributed by atoms with E-state index < -0.39 is 0 Å². The first kappa shape index (κ1) is 25.7. The summed E-state index contributed by atoms with van der Waals surface area (Å²) in [6.45, 7) is 13.6. The second-order valence-electron chi connectivity index (χ2n) is 9.07. The molecule has 1 aliphatic rings. The topological polar surface area (TPSA) is 39.8 Å². The van der Waals surface area contributed by atoms with Gasteiger partial charge < -0.3 is 5.32 Å². The van der Waals surface area contributed by atoms with Crippen LogP contribution in [0.3, 0.4) is 0 Å². The molecule has 0 amide bonds. The SMILES string of the molecule is CCC(CC(C)C(C)C(=NC=C(C)c1cccs1)C1=NC(C)CC=[N+](C)C1CC)NC. The predicted molar refractivity (Wildman–Crippen MR) is 139 cm³/mol. The number of hydrogen-bond acceptors (Lipinski definition) is 4. The Morgan fingerprint density at radius 1 is 1.39 bits per heavy atom. The van der Waals surface area contributed by atoms with Gasteiger partial charge in [-0.2, -0.15) is 0 Å². The van der Waals surface area contributed by atoms with Crippen LogP contribution in [-0.2, 0) is 0 Å². The molecule has 5 unspecified atom stereocenters. The van der Waals surface area contributed by atoms with Gasteiger partial charge in [0.15, 0.2) is 6.04 Å². The van der Waals surface area contributed by atoms with E-state index in [1.165, 1.54) is 16.2 Å². The monoisotopic (exact) mass is 443 g/mol. The second kappa shape index (κ2) is 12.4. The predicted octanol–water partition coefficient (Wildman–Crippen LogP) is 5.94. The van der Waals surface area contributed by atoms with Gasteiger partial charge in [-0.1, -0.05) is 33.8 Å². The largest absolute Gasteiger partial charge is 0.317 e. The van der Waals surface area contributed by atoms with Crippen LogP contribution in [0.25, 0.3) is 5.57 Å². The van der Waals surface area contributed by atoms with Gasteiger partial charge in [-0.3, -0.25) is 9.98 Å². The number of hydrogen-bond donors (Lipinski definition) is 1. The molecule has 0 aliphatic carbocycles. The van der Waals surface area contributed by atoms with E-state index in [-0.39, 0.29) is 12.1 Å². The van der Waals surface area contributed by atoms with E-state index in [9.17, 15) is 0 Å². The van der Waals surface area contributed by atoms with E-state index in [2.05, 4.69) is 95.5 Å². The summed E-state index contributed by atoms with van der Waals surface area (Å²) in [6.07, 6.45) is 8.67. The zero-order valence-electron chi connectivity index (χ0n) is 20.9. The lowest BCUT2D eigenvalue weighted by atomic mass is 9.82. The first-order valence-corrected chi connectivity index (χ1v) is 12.8. The van der Waals surface area contributed by atoms with Crippen LogP contribution in [0, 0.1) is 11.8 Å². The Balaban J connectivity index is 2.49. The summed E-state index contributed by atoms with van der Waals surface area (Å²) >= 11 is 1.77. The summed E-state index contributed by atoms with van der Waals surface area (Å²) in [4.78, 5) is 11.7. The van der Waals surface area contributed by atoms with E-state index in [4.69, 9.17) is 9.98 Å². The summed E-state index contributed by atoms with van der Waals surface area (Å²) in [5.41, 5.74) is 3.55. The molecule has 0 radical (unpaired) electrons. The summed E-state index contributed by atoms with van der Waals surface area (Å²) in [7, 11) is 4.26. The van der Waals surface area contributed by atoms with Gasteiger partial charge in [0.05, 0.1) is 11.8 Å². The molecule has 172 valence electrons. The van der Waals surface area contributed by atoms with Crippen LogP contribution in [-0.4, -0.2) is 54.4 Å². The average molecular weight is 444 g/mol. The Labute approximate surface area is 194 Å². The normalized spacial score (nSPS) is 23.6. The lowest BCUT2D eigenvalue weighted by molar-refractivity contribution is -0.515. The van der Waals surface area contributed by atoms with E-state index in [1.807, 2.05) is 0 Å². The zero-order chi connectivity index (χ0) is 23.0. The number of nitrogens with zero attached hydrogens (tertiary/aromatic N) is 3. The van der Waals surface area contributed by atoms with Crippen molar-refractivity contribution in [3.63, 3.8) is 0 Å². The van der Waals surface area contributed by atoms with Crippen LogP contribution in [0.15, 0.2) is 33.7 Å². The van der Waals surface area contributed by atoms with Crippen molar-refractivity contribution >= 4 is 34.5 Å². The summed E-state index contributed by atoms with van der Waals surface area (Å²) < 4.78 is 2.35. The van der Waals surface area contributed by atoms with Gasteiger partial charge in [0.2, 0.25) is 0 Å². The van der Waals surface area contributed by atoms with Crippen LogP contribution in [0.5, 0.6) is 0 Å². The quantitative estimate of drug-likeness (QED) is 0.353. The molecule has 2 rings (SSSR count). The Hall–Kier alpha value is -1.59. The van der Waals surface area contributed by atoms with Gasteiger partial charge in [0, 0.05) is 35.9 Å². The third kappa shape index (κ3) is 6.95. The minimum Gasteiger partial charge on any atom is -0.317 e. The molecular weight excluding hydrogens is 400 g/mol. The molecule has 0 spiro atoms. The van der Waals surface area contributed by atoms with Crippen LogP contribution in [0.2, 0.25) is 0 Å². The molecule has 0 bridgehead atoms. The van der Waals surface area contributed by atoms with Gasteiger partial charge >= 0.3 is 0 Å². The molecule has 4 nitrogen and oxygen atoms in total.